The molecule has 4 nitrogen and oxygen atoms in total. The number of carbonyl (C=O) groups excluding carboxylic acids is 1. The fourth-order valence-electron chi connectivity index (χ4n) is 2.39. The van der Waals surface area contributed by atoms with Gasteiger partial charge in [-0.05, 0) is 32.4 Å². The van der Waals surface area contributed by atoms with E-state index in [0.29, 0.717) is 0 Å². The first-order valence-electron chi connectivity index (χ1n) is 6.40. The summed E-state index contributed by atoms with van der Waals surface area (Å²) in [6, 6.07) is 0. The molecule has 0 saturated carbocycles. The maximum Gasteiger partial charge on any atom is 0.150 e. The van der Waals surface area contributed by atoms with Gasteiger partial charge in [-0.15, -0.1) is 0 Å². The number of sulfone groups is 1. The van der Waals surface area contributed by atoms with E-state index in [-0.39, 0.29) is 29.1 Å². The maximum absolute atomic E-state index is 12.2. The van der Waals surface area contributed by atoms with Crippen molar-refractivity contribution >= 4 is 15.6 Å². The van der Waals surface area contributed by atoms with E-state index in [4.69, 9.17) is 0 Å². The Morgan fingerprint density at radius 1 is 1.24 bits per heavy atom. The van der Waals surface area contributed by atoms with Crippen molar-refractivity contribution in [3.63, 3.8) is 0 Å². The molecule has 0 radical (unpaired) electrons. The van der Waals surface area contributed by atoms with Crippen LogP contribution in [0, 0.1) is 5.41 Å². The molecule has 0 atom stereocenters. The van der Waals surface area contributed by atoms with Gasteiger partial charge in [-0.2, -0.15) is 0 Å². The van der Waals surface area contributed by atoms with Gasteiger partial charge in [-0.1, -0.05) is 13.8 Å². The van der Waals surface area contributed by atoms with Crippen molar-refractivity contribution in [2.75, 3.05) is 24.6 Å². The summed E-state index contributed by atoms with van der Waals surface area (Å²) in [7, 11) is -3.02. The van der Waals surface area contributed by atoms with Crippen molar-refractivity contribution < 1.29 is 13.2 Å². The molecule has 0 aromatic rings. The molecule has 17 heavy (non-hydrogen) atoms. The summed E-state index contributed by atoms with van der Waals surface area (Å²) >= 11 is 0. The van der Waals surface area contributed by atoms with Crippen molar-refractivity contribution in [3.05, 3.63) is 0 Å². The van der Waals surface area contributed by atoms with E-state index in [1.54, 1.807) is 6.92 Å². The second kappa shape index (κ2) is 5.96. The van der Waals surface area contributed by atoms with Crippen molar-refractivity contribution in [1.82, 2.24) is 5.32 Å². The molecule has 1 aliphatic rings. The normalized spacial score (nSPS) is 20.1. The third kappa shape index (κ3) is 3.78. The van der Waals surface area contributed by atoms with Gasteiger partial charge in [-0.3, -0.25) is 4.79 Å². The summed E-state index contributed by atoms with van der Waals surface area (Å²) in [6.45, 7) is 5.37. The van der Waals surface area contributed by atoms with Gasteiger partial charge in [-0.25, -0.2) is 8.42 Å². The number of nitrogens with one attached hydrogen (secondary N) is 1. The number of carbonyl (C=O) groups is 1. The molecule has 1 fully saturated rings. The highest BCUT2D eigenvalue weighted by atomic mass is 32.2. The Bertz CT molecular complexity index is 356. The van der Waals surface area contributed by atoms with E-state index in [2.05, 4.69) is 5.32 Å². The van der Waals surface area contributed by atoms with E-state index in [1.807, 2.05) is 6.92 Å². The lowest BCUT2D eigenvalue weighted by Gasteiger charge is -2.35. The Kier molecular flexibility index (Phi) is 5.13. The number of rotatable bonds is 6. The third-order valence-corrected chi connectivity index (χ3v) is 5.61. The second-order valence-corrected chi connectivity index (χ2v) is 7.27. The molecule has 0 aromatic heterocycles. The molecule has 0 spiro atoms. The number of hydrogen-bond donors (Lipinski definition) is 1. The minimum Gasteiger partial charge on any atom is -0.317 e. The third-order valence-electron chi connectivity index (χ3n) is 3.91. The zero-order valence-electron chi connectivity index (χ0n) is 10.8. The highest BCUT2D eigenvalue weighted by molar-refractivity contribution is 7.91. The van der Waals surface area contributed by atoms with Crippen LogP contribution in [0.2, 0.25) is 0 Å². The van der Waals surface area contributed by atoms with Gasteiger partial charge < -0.3 is 5.32 Å². The summed E-state index contributed by atoms with van der Waals surface area (Å²) < 4.78 is 22.8. The SMILES string of the molecule is CCC1(C(=O)CCS(=O)(=O)CC)CCNCC1. The number of piperidine rings is 1. The summed E-state index contributed by atoms with van der Waals surface area (Å²) in [5, 5.41) is 3.24. The fraction of sp³-hybridized carbons (Fsp3) is 0.917. The van der Waals surface area contributed by atoms with Gasteiger partial charge in [0.15, 0.2) is 0 Å². The van der Waals surface area contributed by atoms with Crippen LogP contribution in [0.25, 0.3) is 0 Å². The smallest absolute Gasteiger partial charge is 0.150 e. The molecule has 1 aliphatic heterocycles. The predicted octanol–water partition coefficient (Wildman–Crippen LogP) is 1.16. The summed E-state index contributed by atoms with van der Waals surface area (Å²) in [5.74, 6) is 0.275. The molecule has 0 unspecified atom stereocenters. The Morgan fingerprint density at radius 3 is 2.29 bits per heavy atom. The first-order chi connectivity index (χ1) is 7.96. The average molecular weight is 261 g/mol. The van der Waals surface area contributed by atoms with E-state index in [0.717, 1.165) is 32.4 Å². The van der Waals surface area contributed by atoms with Crippen molar-refractivity contribution in [1.29, 1.82) is 0 Å². The molecule has 0 aliphatic carbocycles. The number of Topliss-reactive ketones (excluding diaryl/α,β-unsaturated/α-hetero) is 1. The van der Waals surface area contributed by atoms with Crippen LogP contribution in [0.3, 0.4) is 0 Å². The Hall–Kier alpha value is -0.420. The molecule has 1 rings (SSSR count). The molecular formula is C12H23NO3S. The van der Waals surface area contributed by atoms with Crippen molar-refractivity contribution in [2.45, 2.75) is 39.5 Å². The molecule has 100 valence electrons. The number of ketones is 1. The lowest BCUT2D eigenvalue weighted by Crippen LogP contribution is -2.42. The maximum atomic E-state index is 12.2. The van der Waals surface area contributed by atoms with Crippen LogP contribution in [-0.2, 0) is 14.6 Å². The molecule has 0 bridgehead atoms. The lowest BCUT2D eigenvalue weighted by atomic mass is 9.72. The predicted molar refractivity (Wildman–Crippen MR) is 68.8 cm³/mol. The van der Waals surface area contributed by atoms with Gasteiger partial charge in [0, 0.05) is 17.6 Å². The van der Waals surface area contributed by atoms with Crippen molar-refractivity contribution in [2.24, 2.45) is 5.41 Å². The second-order valence-electron chi connectivity index (χ2n) is 4.79. The van der Waals surface area contributed by atoms with E-state index in [9.17, 15) is 13.2 Å². The van der Waals surface area contributed by atoms with Crippen LogP contribution in [0.15, 0.2) is 0 Å². The first kappa shape index (κ1) is 14.6. The minimum atomic E-state index is -3.02. The van der Waals surface area contributed by atoms with Crippen LogP contribution in [0.4, 0.5) is 0 Å². The van der Waals surface area contributed by atoms with Gasteiger partial charge in [0.25, 0.3) is 0 Å². The average Bonchev–Trinajstić information content (AvgIpc) is 2.37. The topological polar surface area (TPSA) is 63.2 Å². The number of hydrogen-bond acceptors (Lipinski definition) is 4. The molecule has 1 saturated heterocycles. The largest absolute Gasteiger partial charge is 0.317 e. The van der Waals surface area contributed by atoms with Crippen LogP contribution < -0.4 is 5.32 Å². The molecular weight excluding hydrogens is 238 g/mol. The Morgan fingerprint density at radius 2 is 1.82 bits per heavy atom. The molecule has 5 heteroatoms. The van der Waals surface area contributed by atoms with Crippen LogP contribution in [0.5, 0.6) is 0 Å². The van der Waals surface area contributed by atoms with Gasteiger partial charge >= 0.3 is 0 Å². The van der Waals surface area contributed by atoms with Gasteiger partial charge in [0.1, 0.15) is 15.6 Å². The standard InChI is InChI=1S/C12H23NO3S/c1-3-12(6-8-13-9-7-12)11(14)5-10-17(15,16)4-2/h13H,3-10H2,1-2H3. The molecule has 0 aromatic carbocycles. The van der Waals surface area contributed by atoms with E-state index in [1.165, 1.54) is 0 Å². The summed E-state index contributed by atoms with van der Waals surface area (Å²) in [4.78, 5) is 12.2. The van der Waals surface area contributed by atoms with E-state index < -0.39 is 9.84 Å². The highest BCUT2D eigenvalue weighted by Gasteiger charge is 2.37. The first-order valence-corrected chi connectivity index (χ1v) is 8.22. The van der Waals surface area contributed by atoms with Crippen LogP contribution in [-0.4, -0.2) is 38.8 Å². The highest BCUT2D eigenvalue weighted by Crippen LogP contribution is 2.34. The monoisotopic (exact) mass is 261 g/mol. The minimum absolute atomic E-state index is 0.0114. The zero-order chi connectivity index (χ0) is 12.9. The Balaban J connectivity index is 2.61. The molecule has 1 heterocycles. The van der Waals surface area contributed by atoms with Crippen LogP contribution in [0.1, 0.15) is 39.5 Å². The summed E-state index contributed by atoms with van der Waals surface area (Å²) in [6.07, 6.45) is 2.69. The van der Waals surface area contributed by atoms with Gasteiger partial charge in [0.05, 0.1) is 5.75 Å². The van der Waals surface area contributed by atoms with Gasteiger partial charge in [0.2, 0.25) is 0 Å². The molecule has 1 N–H and O–H groups in total. The Labute approximate surface area is 104 Å². The fourth-order valence-corrected chi connectivity index (χ4v) is 3.18. The van der Waals surface area contributed by atoms with E-state index >= 15 is 0 Å². The van der Waals surface area contributed by atoms with Crippen molar-refractivity contribution in [3.8, 4) is 0 Å². The zero-order valence-corrected chi connectivity index (χ0v) is 11.6. The lowest BCUT2D eigenvalue weighted by molar-refractivity contribution is -0.130. The summed E-state index contributed by atoms with van der Waals surface area (Å²) in [5.41, 5.74) is -0.269. The van der Waals surface area contributed by atoms with Crippen LogP contribution >= 0.6 is 0 Å². The quantitative estimate of drug-likeness (QED) is 0.779. The molecule has 0 amide bonds.